The molecule has 3 N–H and O–H groups in total. The summed E-state index contributed by atoms with van der Waals surface area (Å²) in [5, 5.41) is 14.8. The molecular formula is C26H30N2O5. The first-order valence-electron chi connectivity index (χ1n) is 11.6. The van der Waals surface area contributed by atoms with Gasteiger partial charge < -0.3 is 20.5 Å². The predicted octanol–water partition coefficient (Wildman–Crippen LogP) is 3.92. The van der Waals surface area contributed by atoms with Crippen molar-refractivity contribution in [2.45, 2.75) is 44.6 Å². The molecule has 1 unspecified atom stereocenters. The van der Waals surface area contributed by atoms with Gasteiger partial charge in [0.1, 0.15) is 6.61 Å². The molecule has 7 nitrogen and oxygen atoms in total. The van der Waals surface area contributed by atoms with Crippen molar-refractivity contribution in [2.24, 2.45) is 11.8 Å². The summed E-state index contributed by atoms with van der Waals surface area (Å²) in [6, 6.07) is 16.3. The van der Waals surface area contributed by atoms with E-state index in [0.717, 1.165) is 11.1 Å². The lowest BCUT2D eigenvalue weighted by Gasteiger charge is -2.17. The Hall–Kier alpha value is -3.35. The van der Waals surface area contributed by atoms with Crippen molar-refractivity contribution >= 4 is 18.0 Å². The van der Waals surface area contributed by atoms with E-state index in [0.29, 0.717) is 32.2 Å². The number of alkyl carbamates (subject to hydrolysis) is 1. The Labute approximate surface area is 193 Å². The molecule has 0 aromatic heterocycles. The fourth-order valence-corrected chi connectivity index (χ4v) is 4.85. The smallest absolute Gasteiger partial charge is 0.407 e. The van der Waals surface area contributed by atoms with Crippen LogP contribution in [0.3, 0.4) is 0 Å². The molecule has 2 aliphatic rings. The number of benzene rings is 2. The van der Waals surface area contributed by atoms with E-state index < -0.39 is 12.1 Å². The molecule has 7 heteroatoms. The molecule has 0 bridgehead atoms. The van der Waals surface area contributed by atoms with Gasteiger partial charge in [0.15, 0.2) is 0 Å². The van der Waals surface area contributed by atoms with Crippen LogP contribution >= 0.6 is 0 Å². The summed E-state index contributed by atoms with van der Waals surface area (Å²) >= 11 is 0. The number of carboxylic acid groups (broad SMARTS) is 1. The first kappa shape index (κ1) is 22.8. The van der Waals surface area contributed by atoms with Gasteiger partial charge in [0.2, 0.25) is 5.91 Å². The topological polar surface area (TPSA) is 105 Å². The Morgan fingerprint density at radius 2 is 1.67 bits per heavy atom. The zero-order valence-electron chi connectivity index (χ0n) is 18.8. The number of rotatable bonds is 8. The van der Waals surface area contributed by atoms with Crippen LogP contribution in [-0.4, -0.2) is 42.3 Å². The van der Waals surface area contributed by atoms with Gasteiger partial charge in [0.25, 0.3) is 0 Å². The molecular weight excluding hydrogens is 420 g/mol. The number of carbonyl (C=O) groups is 3. The van der Waals surface area contributed by atoms with E-state index in [2.05, 4.69) is 34.9 Å². The van der Waals surface area contributed by atoms with Crippen molar-refractivity contribution in [3.05, 3.63) is 59.7 Å². The number of fused-ring (bicyclic) bond motifs is 3. The first-order valence-corrected chi connectivity index (χ1v) is 11.6. The third kappa shape index (κ3) is 5.18. The Balaban J connectivity index is 1.20. The highest BCUT2D eigenvalue weighted by Gasteiger charge is 2.31. The minimum absolute atomic E-state index is 0.00823. The summed E-state index contributed by atoms with van der Waals surface area (Å²) in [5.74, 6) is -1.56. The summed E-state index contributed by atoms with van der Waals surface area (Å²) < 4.78 is 5.52. The number of hydrogen-bond acceptors (Lipinski definition) is 4. The van der Waals surface area contributed by atoms with Gasteiger partial charge in [-0.2, -0.15) is 0 Å². The van der Waals surface area contributed by atoms with Gasteiger partial charge in [-0.1, -0.05) is 55.5 Å². The van der Waals surface area contributed by atoms with Crippen LogP contribution in [0.25, 0.3) is 11.1 Å². The third-order valence-electron chi connectivity index (χ3n) is 6.77. The van der Waals surface area contributed by atoms with Crippen LogP contribution in [0.4, 0.5) is 4.79 Å². The summed E-state index contributed by atoms with van der Waals surface area (Å²) in [6.07, 6.45) is 1.74. The number of carboxylic acids is 1. The molecule has 0 spiro atoms. The van der Waals surface area contributed by atoms with Crippen molar-refractivity contribution in [1.29, 1.82) is 0 Å². The Morgan fingerprint density at radius 3 is 2.27 bits per heavy atom. The standard InChI is InChI=1S/C26H30N2O5/c1-16(24(29)28-18-11-10-17(14-18)25(30)31)12-13-27-26(32)33-15-23-21-8-4-2-6-19(21)20-7-3-5-9-22(20)23/h2-9,16-18,23H,10-15H2,1H3,(H,27,32)(H,28,29)(H,30,31)/t16?,17-,18+/m1/s1. The number of aliphatic carboxylic acids is 1. The lowest BCUT2D eigenvalue weighted by Crippen LogP contribution is -2.38. The lowest BCUT2D eigenvalue weighted by atomic mass is 9.98. The zero-order chi connectivity index (χ0) is 23.4. The molecule has 2 aromatic rings. The maximum Gasteiger partial charge on any atom is 0.407 e. The fraction of sp³-hybridized carbons (Fsp3) is 0.423. The highest BCUT2D eigenvalue weighted by molar-refractivity contribution is 5.80. The predicted molar refractivity (Wildman–Crippen MR) is 124 cm³/mol. The molecule has 3 atom stereocenters. The summed E-state index contributed by atoms with van der Waals surface area (Å²) in [6.45, 7) is 2.38. The maximum absolute atomic E-state index is 12.4. The molecule has 2 amide bonds. The fourth-order valence-electron chi connectivity index (χ4n) is 4.85. The second-order valence-electron chi connectivity index (χ2n) is 9.00. The molecule has 4 rings (SSSR count). The second-order valence-corrected chi connectivity index (χ2v) is 9.00. The van der Waals surface area contributed by atoms with Crippen LogP contribution in [0.15, 0.2) is 48.5 Å². The minimum atomic E-state index is -0.799. The lowest BCUT2D eigenvalue weighted by molar-refractivity contribution is -0.141. The van der Waals surface area contributed by atoms with Gasteiger partial charge in [-0.05, 0) is 47.9 Å². The van der Waals surface area contributed by atoms with Gasteiger partial charge in [0.05, 0.1) is 5.92 Å². The first-order chi connectivity index (χ1) is 15.9. The number of amides is 2. The van der Waals surface area contributed by atoms with Crippen LogP contribution in [0, 0.1) is 11.8 Å². The quantitative estimate of drug-likeness (QED) is 0.565. The van der Waals surface area contributed by atoms with Crippen molar-refractivity contribution < 1.29 is 24.2 Å². The van der Waals surface area contributed by atoms with E-state index in [1.165, 1.54) is 11.1 Å². The molecule has 2 aliphatic carbocycles. The molecule has 0 saturated heterocycles. The minimum Gasteiger partial charge on any atom is -0.481 e. The SMILES string of the molecule is CC(CCNC(=O)OCC1c2ccccc2-c2ccccc21)C(=O)N[C@H]1CC[C@@H](C(=O)O)C1. The van der Waals surface area contributed by atoms with Gasteiger partial charge >= 0.3 is 12.1 Å². The normalized spacial score (nSPS) is 19.9. The van der Waals surface area contributed by atoms with Crippen LogP contribution in [0.1, 0.15) is 49.7 Å². The number of ether oxygens (including phenoxy) is 1. The van der Waals surface area contributed by atoms with E-state index in [1.54, 1.807) is 6.92 Å². The average molecular weight is 451 g/mol. The number of hydrogen-bond donors (Lipinski definition) is 3. The van der Waals surface area contributed by atoms with Crippen molar-refractivity contribution in [1.82, 2.24) is 10.6 Å². The maximum atomic E-state index is 12.4. The molecule has 1 fully saturated rings. The molecule has 1 saturated carbocycles. The highest BCUT2D eigenvalue weighted by Crippen LogP contribution is 2.44. The van der Waals surface area contributed by atoms with Crippen LogP contribution in [0.5, 0.6) is 0 Å². The Morgan fingerprint density at radius 1 is 1.03 bits per heavy atom. The van der Waals surface area contributed by atoms with E-state index in [1.807, 2.05) is 24.3 Å². The number of nitrogens with one attached hydrogen (secondary N) is 2. The van der Waals surface area contributed by atoms with Gasteiger partial charge in [0, 0.05) is 24.4 Å². The van der Waals surface area contributed by atoms with E-state index in [9.17, 15) is 14.4 Å². The molecule has 0 heterocycles. The van der Waals surface area contributed by atoms with Gasteiger partial charge in [-0.25, -0.2) is 4.79 Å². The summed E-state index contributed by atoms with van der Waals surface area (Å²) in [7, 11) is 0. The van der Waals surface area contributed by atoms with Crippen LogP contribution in [-0.2, 0) is 14.3 Å². The van der Waals surface area contributed by atoms with Gasteiger partial charge in [-0.15, -0.1) is 0 Å². The molecule has 2 aromatic carbocycles. The largest absolute Gasteiger partial charge is 0.481 e. The van der Waals surface area contributed by atoms with Crippen molar-refractivity contribution in [3.63, 3.8) is 0 Å². The second kappa shape index (κ2) is 10.1. The number of carbonyl (C=O) groups excluding carboxylic acids is 2. The molecule has 33 heavy (non-hydrogen) atoms. The van der Waals surface area contributed by atoms with Crippen LogP contribution in [0.2, 0.25) is 0 Å². The zero-order valence-corrected chi connectivity index (χ0v) is 18.8. The van der Waals surface area contributed by atoms with E-state index in [4.69, 9.17) is 9.84 Å². The van der Waals surface area contributed by atoms with Gasteiger partial charge in [-0.3, -0.25) is 9.59 Å². The van der Waals surface area contributed by atoms with E-state index in [-0.39, 0.29) is 36.3 Å². The monoisotopic (exact) mass is 450 g/mol. The average Bonchev–Trinajstić information content (AvgIpc) is 3.40. The summed E-state index contributed by atoms with van der Waals surface area (Å²) in [4.78, 5) is 35.7. The third-order valence-corrected chi connectivity index (χ3v) is 6.77. The van der Waals surface area contributed by atoms with Crippen molar-refractivity contribution in [2.75, 3.05) is 13.2 Å². The Bertz CT molecular complexity index is 991. The van der Waals surface area contributed by atoms with E-state index >= 15 is 0 Å². The molecule has 0 radical (unpaired) electrons. The van der Waals surface area contributed by atoms with Crippen LogP contribution < -0.4 is 10.6 Å². The highest BCUT2D eigenvalue weighted by atomic mass is 16.5. The van der Waals surface area contributed by atoms with Crippen molar-refractivity contribution in [3.8, 4) is 11.1 Å². The Kier molecular flexibility index (Phi) is 6.96. The summed E-state index contributed by atoms with van der Waals surface area (Å²) in [5.41, 5.74) is 4.68. The molecule has 174 valence electrons. The molecule has 0 aliphatic heterocycles.